The topological polar surface area (TPSA) is 80.0 Å². The zero-order chi connectivity index (χ0) is 15.0. The largest absolute Gasteiger partial charge is 0.411 e. The molecule has 0 unspecified atom stereocenters. The van der Waals surface area contributed by atoms with Gasteiger partial charge in [0.15, 0.2) is 0 Å². The van der Waals surface area contributed by atoms with Crippen molar-refractivity contribution in [3.05, 3.63) is 23.4 Å². The molecule has 1 heterocycles. The van der Waals surface area contributed by atoms with E-state index in [0.29, 0.717) is 12.1 Å². The van der Waals surface area contributed by atoms with Gasteiger partial charge in [0, 0.05) is 11.3 Å². The Morgan fingerprint density at radius 2 is 2.10 bits per heavy atom. The van der Waals surface area contributed by atoms with Gasteiger partial charge in [0.1, 0.15) is 11.4 Å². The minimum atomic E-state index is -4.43. The molecule has 1 aliphatic rings. The third kappa shape index (κ3) is 2.69. The number of nitrogen functional groups attached to an aromatic ring is 1. The molecule has 8 heteroatoms. The van der Waals surface area contributed by atoms with Crippen molar-refractivity contribution in [2.75, 3.05) is 5.43 Å². The second-order valence-electron chi connectivity index (χ2n) is 4.76. The number of aryl methyl sites for hydroxylation is 1. The molecule has 1 amide bonds. The molecule has 0 aromatic carbocycles. The smallest absolute Gasteiger partial charge is 0.338 e. The van der Waals surface area contributed by atoms with Gasteiger partial charge in [-0.25, -0.2) is 10.8 Å². The molecule has 0 aliphatic heterocycles. The van der Waals surface area contributed by atoms with E-state index < -0.39 is 17.6 Å². The average Bonchev–Trinajstić information content (AvgIpc) is 3.18. The van der Waals surface area contributed by atoms with Crippen molar-refractivity contribution in [1.29, 1.82) is 0 Å². The molecule has 0 saturated heterocycles. The highest BCUT2D eigenvalue weighted by atomic mass is 19.4. The summed E-state index contributed by atoms with van der Waals surface area (Å²) in [5.41, 5.74) is 0.902. The number of hydrogen-bond acceptors (Lipinski definition) is 4. The SMILES string of the molecule is CCc1cc(C(=O)NC2(C(F)(F)F)CC2)cc(NN)n1. The minimum absolute atomic E-state index is 0.0873. The summed E-state index contributed by atoms with van der Waals surface area (Å²) in [6.07, 6.45) is -4.07. The number of hydrogen-bond donors (Lipinski definition) is 3. The van der Waals surface area contributed by atoms with Gasteiger partial charge in [0.05, 0.1) is 0 Å². The quantitative estimate of drug-likeness (QED) is 0.582. The molecule has 2 rings (SSSR count). The van der Waals surface area contributed by atoms with Gasteiger partial charge >= 0.3 is 6.18 Å². The number of nitrogens with two attached hydrogens (primary N) is 1. The number of anilines is 1. The van der Waals surface area contributed by atoms with Crippen LogP contribution in [0.2, 0.25) is 0 Å². The first-order valence-electron chi connectivity index (χ1n) is 6.18. The lowest BCUT2D eigenvalue weighted by Crippen LogP contribution is -2.47. The zero-order valence-electron chi connectivity index (χ0n) is 10.8. The number of carbonyl (C=O) groups excluding carboxylic acids is 1. The molecule has 1 saturated carbocycles. The first-order valence-corrected chi connectivity index (χ1v) is 6.18. The van der Waals surface area contributed by atoms with Gasteiger partial charge in [-0.2, -0.15) is 13.2 Å². The maximum absolute atomic E-state index is 12.8. The van der Waals surface area contributed by atoms with Crippen molar-refractivity contribution in [1.82, 2.24) is 10.3 Å². The summed E-state index contributed by atoms with van der Waals surface area (Å²) in [4.78, 5) is 16.1. The van der Waals surface area contributed by atoms with Crippen LogP contribution in [0.1, 0.15) is 35.8 Å². The summed E-state index contributed by atoms with van der Waals surface area (Å²) in [6, 6.07) is 2.78. The molecule has 5 nitrogen and oxygen atoms in total. The van der Waals surface area contributed by atoms with Gasteiger partial charge in [-0.1, -0.05) is 6.92 Å². The molecule has 4 N–H and O–H groups in total. The van der Waals surface area contributed by atoms with Crippen LogP contribution in [0.25, 0.3) is 0 Å². The second-order valence-corrected chi connectivity index (χ2v) is 4.76. The van der Waals surface area contributed by atoms with E-state index in [2.05, 4.69) is 15.7 Å². The standard InChI is InChI=1S/C12H15F3N4O/c1-2-8-5-7(6-9(17-8)19-16)10(20)18-11(3-4-11)12(13,14)15/h5-6H,2-4,16H2,1H3,(H,17,19)(H,18,20). The number of alkyl halides is 3. The van der Waals surface area contributed by atoms with Crippen LogP contribution in [0, 0.1) is 0 Å². The van der Waals surface area contributed by atoms with Gasteiger partial charge < -0.3 is 10.7 Å². The van der Waals surface area contributed by atoms with Crippen LogP contribution in [0.5, 0.6) is 0 Å². The van der Waals surface area contributed by atoms with E-state index in [1.807, 2.05) is 6.92 Å². The zero-order valence-corrected chi connectivity index (χ0v) is 10.8. The molecule has 0 radical (unpaired) electrons. The summed E-state index contributed by atoms with van der Waals surface area (Å²) in [5.74, 6) is 4.70. The summed E-state index contributed by atoms with van der Waals surface area (Å²) in [6.45, 7) is 1.82. The highest BCUT2D eigenvalue weighted by molar-refractivity contribution is 5.95. The molecule has 1 aromatic heterocycles. The molecule has 0 bridgehead atoms. The van der Waals surface area contributed by atoms with Crippen LogP contribution in [0.3, 0.4) is 0 Å². The molecule has 0 atom stereocenters. The maximum atomic E-state index is 12.8. The first kappa shape index (κ1) is 14.6. The average molecular weight is 288 g/mol. The Morgan fingerprint density at radius 3 is 2.55 bits per heavy atom. The number of rotatable bonds is 4. The lowest BCUT2D eigenvalue weighted by molar-refractivity contribution is -0.163. The summed E-state index contributed by atoms with van der Waals surface area (Å²) in [5, 5.41) is 2.07. The van der Waals surface area contributed by atoms with E-state index in [4.69, 9.17) is 5.84 Å². The molecular formula is C12H15F3N4O. The maximum Gasteiger partial charge on any atom is 0.411 e. The highest BCUT2D eigenvalue weighted by Gasteiger charge is 2.64. The van der Waals surface area contributed by atoms with E-state index in [1.54, 1.807) is 0 Å². The number of amides is 1. The van der Waals surface area contributed by atoms with E-state index in [1.165, 1.54) is 12.1 Å². The van der Waals surface area contributed by atoms with Crippen LogP contribution in [0.15, 0.2) is 12.1 Å². The predicted molar refractivity (Wildman–Crippen MR) is 66.9 cm³/mol. The normalized spacial score (nSPS) is 16.6. The monoisotopic (exact) mass is 288 g/mol. The molecule has 20 heavy (non-hydrogen) atoms. The Hall–Kier alpha value is -1.83. The molecule has 1 fully saturated rings. The minimum Gasteiger partial charge on any atom is -0.338 e. The Kier molecular flexibility index (Phi) is 3.59. The number of aromatic nitrogens is 1. The van der Waals surface area contributed by atoms with E-state index in [-0.39, 0.29) is 24.2 Å². The Labute approximate surface area is 113 Å². The predicted octanol–water partition coefficient (Wildman–Crippen LogP) is 1.75. The number of nitrogens with zero attached hydrogens (tertiary/aromatic N) is 1. The molecule has 1 aromatic rings. The first-order chi connectivity index (χ1) is 9.31. The molecule has 0 spiro atoms. The second kappa shape index (κ2) is 4.93. The Balaban J connectivity index is 2.22. The third-order valence-corrected chi connectivity index (χ3v) is 3.30. The molecule has 110 valence electrons. The lowest BCUT2D eigenvalue weighted by atomic mass is 10.1. The van der Waals surface area contributed by atoms with Crippen LogP contribution in [-0.4, -0.2) is 22.6 Å². The van der Waals surface area contributed by atoms with E-state index in [9.17, 15) is 18.0 Å². The number of nitrogens with one attached hydrogen (secondary N) is 2. The van der Waals surface area contributed by atoms with Crippen LogP contribution >= 0.6 is 0 Å². The number of hydrazine groups is 1. The van der Waals surface area contributed by atoms with Gasteiger partial charge in [-0.3, -0.25) is 4.79 Å². The molecular weight excluding hydrogens is 273 g/mol. The van der Waals surface area contributed by atoms with Crippen molar-refractivity contribution in [2.45, 2.75) is 37.9 Å². The summed E-state index contributed by atoms with van der Waals surface area (Å²) < 4.78 is 38.4. The fourth-order valence-electron chi connectivity index (χ4n) is 1.87. The number of pyridine rings is 1. The number of halogens is 3. The Morgan fingerprint density at radius 1 is 1.45 bits per heavy atom. The van der Waals surface area contributed by atoms with Crippen molar-refractivity contribution in [3.63, 3.8) is 0 Å². The van der Waals surface area contributed by atoms with Crippen molar-refractivity contribution in [3.8, 4) is 0 Å². The van der Waals surface area contributed by atoms with Crippen molar-refractivity contribution in [2.24, 2.45) is 5.84 Å². The van der Waals surface area contributed by atoms with Gasteiger partial charge in [-0.15, -0.1) is 0 Å². The van der Waals surface area contributed by atoms with Gasteiger partial charge in [0.2, 0.25) is 0 Å². The summed E-state index contributed by atoms with van der Waals surface area (Å²) >= 11 is 0. The van der Waals surface area contributed by atoms with Crippen LogP contribution in [-0.2, 0) is 6.42 Å². The molecule has 1 aliphatic carbocycles. The number of carbonyl (C=O) groups is 1. The van der Waals surface area contributed by atoms with E-state index >= 15 is 0 Å². The Bertz CT molecular complexity index is 504. The lowest BCUT2D eigenvalue weighted by Gasteiger charge is -2.21. The van der Waals surface area contributed by atoms with E-state index in [0.717, 1.165) is 0 Å². The summed E-state index contributed by atoms with van der Waals surface area (Å²) in [7, 11) is 0. The van der Waals surface area contributed by atoms with Crippen molar-refractivity contribution < 1.29 is 18.0 Å². The van der Waals surface area contributed by atoms with Crippen LogP contribution in [0.4, 0.5) is 19.0 Å². The van der Waals surface area contributed by atoms with Crippen molar-refractivity contribution >= 4 is 11.7 Å². The van der Waals surface area contributed by atoms with Crippen LogP contribution < -0.4 is 16.6 Å². The fourth-order valence-corrected chi connectivity index (χ4v) is 1.87. The third-order valence-electron chi connectivity index (χ3n) is 3.30. The van der Waals surface area contributed by atoms with Gasteiger partial charge in [-0.05, 0) is 31.4 Å². The fraction of sp³-hybridized carbons (Fsp3) is 0.500. The van der Waals surface area contributed by atoms with Gasteiger partial charge in [0.25, 0.3) is 5.91 Å². The highest BCUT2D eigenvalue weighted by Crippen LogP contribution is 2.49.